The van der Waals surface area contributed by atoms with Gasteiger partial charge in [0.15, 0.2) is 0 Å². The number of rotatable bonds is 4. The van der Waals surface area contributed by atoms with Crippen LogP contribution in [0.4, 0.5) is 10.5 Å². The van der Waals surface area contributed by atoms with Gasteiger partial charge in [0.25, 0.3) is 10.1 Å². The molecule has 2 atom stereocenters. The third-order valence-corrected chi connectivity index (χ3v) is 4.53. The smallest absolute Gasteiger partial charge is 0.319 e. The van der Waals surface area contributed by atoms with Crippen molar-refractivity contribution in [2.45, 2.75) is 25.4 Å². The van der Waals surface area contributed by atoms with Crippen LogP contribution < -0.4 is 10.6 Å². The summed E-state index contributed by atoms with van der Waals surface area (Å²) in [5.41, 5.74) is 0.555. The van der Waals surface area contributed by atoms with Crippen molar-refractivity contribution in [1.82, 2.24) is 10.2 Å². The van der Waals surface area contributed by atoms with E-state index < -0.39 is 40.0 Å². The summed E-state index contributed by atoms with van der Waals surface area (Å²) in [4.78, 5) is 25.1. The number of carbonyl (C=O) groups is 2. The summed E-state index contributed by atoms with van der Waals surface area (Å²) in [5, 5.41) is 5.09. The Kier molecular flexibility index (Phi) is 5.27. The lowest BCUT2D eigenvalue weighted by Crippen LogP contribution is -2.44. The molecule has 1 aromatic rings. The van der Waals surface area contributed by atoms with Crippen LogP contribution in [0.25, 0.3) is 0 Å². The van der Waals surface area contributed by atoms with E-state index in [9.17, 15) is 18.0 Å². The Bertz CT molecular complexity index is 707. The highest BCUT2D eigenvalue weighted by Gasteiger charge is 2.39. The van der Waals surface area contributed by atoms with E-state index >= 15 is 0 Å². The molecule has 3 amide bonds. The fourth-order valence-electron chi connectivity index (χ4n) is 2.33. The number of halogens is 1. The molecular weight excluding hydrogens is 390 g/mol. The minimum Gasteiger partial charge on any atom is -0.326 e. The monoisotopic (exact) mass is 405 g/mol. The lowest BCUT2D eigenvalue weighted by Gasteiger charge is -2.19. The van der Waals surface area contributed by atoms with E-state index in [0.717, 1.165) is 9.37 Å². The van der Waals surface area contributed by atoms with Gasteiger partial charge >= 0.3 is 6.03 Å². The number of carbonyl (C=O) groups excluding carboxylic acids is 2. The Labute approximate surface area is 142 Å². The van der Waals surface area contributed by atoms with Crippen LogP contribution >= 0.6 is 15.9 Å². The molecule has 0 bridgehead atoms. The maximum absolute atomic E-state index is 12.1. The molecule has 1 aromatic carbocycles. The quantitative estimate of drug-likeness (QED) is 0.654. The van der Waals surface area contributed by atoms with Crippen LogP contribution in [0.2, 0.25) is 0 Å². The summed E-state index contributed by atoms with van der Waals surface area (Å²) in [5.74, 6) is -1.32. The number of hydrogen-bond acceptors (Lipinski definition) is 4. The van der Waals surface area contributed by atoms with Gasteiger partial charge in [-0.15, -0.1) is 0 Å². The summed E-state index contributed by atoms with van der Waals surface area (Å²) in [6, 6.07) is 5.09. The second-order valence-electron chi connectivity index (χ2n) is 5.26. The van der Waals surface area contributed by atoms with Crippen LogP contribution in [0.15, 0.2) is 28.7 Å². The molecule has 1 unspecified atom stereocenters. The summed E-state index contributed by atoms with van der Waals surface area (Å²) < 4.78 is 31.6. The third kappa shape index (κ3) is 4.91. The molecule has 8 nitrogen and oxygen atoms in total. The predicted molar refractivity (Wildman–Crippen MR) is 87.4 cm³/mol. The Hall–Kier alpha value is -1.65. The van der Waals surface area contributed by atoms with Gasteiger partial charge in [-0.2, -0.15) is 8.42 Å². The number of hydrogen-bond donors (Lipinski definition) is 3. The molecule has 2 rings (SSSR count). The van der Waals surface area contributed by atoms with Crippen molar-refractivity contribution in [3.8, 4) is 0 Å². The largest absolute Gasteiger partial charge is 0.326 e. The molecule has 1 heterocycles. The maximum Gasteiger partial charge on any atom is 0.319 e. The van der Waals surface area contributed by atoms with Crippen molar-refractivity contribution in [2.75, 3.05) is 11.2 Å². The number of urea groups is 1. The standard InChI is InChI=1S/C13H16BrN3O5S/c1-8-6-11(12(18)17(8)7-23(20,21)22)16-13(19)15-10-4-2-9(14)3-5-10/h2-5,8,11H,6-7H2,1H3,(H2,15,16,19)(H,20,21,22)/t8?,11-/m0/s1. The van der Waals surface area contributed by atoms with Crippen molar-refractivity contribution in [1.29, 1.82) is 0 Å². The first-order chi connectivity index (χ1) is 10.7. The first-order valence-electron chi connectivity index (χ1n) is 6.74. The van der Waals surface area contributed by atoms with Gasteiger partial charge in [0.05, 0.1) is 0 Å². The molecule has 23 heavy (non-hydrogen) atoms. The van der Waals surface area contributed by atoms with Crippen LogP contribution in [0.3, 0.4) is 0 Å². The van der Waals surface area contributed by atoms with Gasteiger partial charge in [-0.05, 0) is 37.6 Å². The molecule has 3 N–H and O–H groups in total. The van der Waals surface area contributed by atoms with Gasteiger partial charge in [-0.3, -0.25) is 9.35 Å². The summed E-state index contributed by atoms with van der Waals surface area (Å²) in [6.45, 7) is 1.65. The van der Waals surface area contributed by atoms with E-state index in [-0.39, 0.29) is 6.42 Å². The van der Waals surface area contributed by atoms with Crippen molar-refractivity contribution >= 4 is 43.7 Å². The highest BCUT2D eigenvalue weighted by atomic mass is 79.9. The average Bonchev–Trinajstić information content (AvgIpc) is 2.67. The second-order valence-corrected chi connectivity index (χ2v) is 7.60. The third-order valence-electron chi connectivity index (χ3n) is 3.40. The van der Waals surface area contributed by atoms with Gasteiger partial charge in [-0.25, -0.2) is 4.79 Å². The van der Waals surface area contributed by atoms with Gasteiger partial charge < -0.3 is 15.5 Å². The number of anilines is 1. The number of likely N-dealkylation sites (tertiary alicyclic amines) is 1. The molecule has 0 aliphatic carbocycles. The SMILES string of the molecule is CC1C[C@H](NC(=O)Nc2ccc(Br)cc2)C(=O)N1CS(=O)(=O)O. The second kappa shape index (κ2) is 6.85. The maximum atomic E-state index is 12.1. The van der Waals surface area contributed by atoms with Crippen LogP contribution in [0.5, 0.6) is 0 Å². The Morgan fingerprint density at radius 3 is 2.57 bits per heavy atom. The Balaban J connectivity index is 1.96. The number of nitrogens with zero attached hydrogens (tertiary/aromatic N) is 1. The minimum atomic E-state index is -4.31. The topological polar surface area (TPSA) is 116 Å². The molecule has 126 valence electrons. The first kappa shape index (κ1) is 17.7. The van der Waals surface area contributed by atoms with Gasteiger partial charge in [0, 0.05) is 16.2 Å². The molecule has 0 saturated carbocycles. The van der Waals surface area contributed by atoms with E-state index in [0.29, 0.717) is 5.69 Å². The molecule has 10 heteroatoms. The normalized spacial score (nSPS) is 21.3. The van der Waals surface area contributed by atoms with E-state index in [1.165, 1.54) is 0 Å². The predicted octanol–water partition coefficient (Wildman–Crippen LogP) is 1.41. The molecular formula is C13H16BrN3O5S. The van der Waals surface area contributed by atoms with Crippen molar-refractivity contribution in [2.24, 2.45) is 0 Å². The summed E-state index contributed by atoms with van der Waals surface area (Å²) >= 11 is 3.28. The van der Waals surface area contributed by atoms with Crippen LogP contribution in [0, 0.1) is 0 Å². The molecule has 0 radical (unpaired) electrons. The van der Waals surface area contributed by atoms with Crippen molar-refractivity contribution < 1.29 is 22.6 Å². The number of amides is 3. The van der Waals surface area contributed by atoms with Crippen LogP contribution in [0.1, 0.15) is 13.3 Å². The van der Waals surface area contributed by atoms with E-state index in [4.69, 9.17) is 4.55 Å². The fourth-order valence-corrected chi connectivity index (χ4v) is 3.33. The van der Waals surface area contributed by atoms with Crippen molar-refractivity contribution in [3.05, 3.63) is 28.7 Å². The average molecular weight is 406 g/mol. The van der Waals surface area contributed by atoms with Gasteiger partial charge in [0.2, 0.25) is 5.91 Å². The van der Waals surface area contributed by atoms with E-state index in [2.05, 4.69) is 26.6 Å². The molecule has 1 aliphatic heterocycles. The zero-order valence-corrected chi connectivity index (χ0v) is 14.6. The lowest BCUT2D eigenvalue weighted by atomic mass is 10.2. The Morgan fingerprint density at radius 2 is 2.00 bits per heavy atom. The van der Waals surface area contributed by atoms with Crippen LogP contribution in [-0.4, -0.2) is 47.8 Å². The zero-order valence-electron chi connectivity index (χ0n) is 12.2. The van der Waals surface area contributed by atoms with Gasteiger partial charge in [0.1, 0.15) is 11.9 Å². The number of benzene rings is 1. The van der Waals surface area contributed by atoms with Crippen LogP contribution in [-0.2, 0) is 14.9 Å². The highest BCUT2D eigenvalue weighted by molar-refractivity contribution is 9.10. The summed E-state index contributed by atoms with van der Waals surface area (Å²) in [6.07, 6.45) is 0.266. The highest BCUT2D eigenvalue weighted by Crippen LogP contribution is 2.20. The molecule has 1 aliphatic rings. The van der Waals surface area contributed by atoms with Gasteiger partial charge in [-0.1, -0.05) is 15.9 Å². The minimum absolute atomic E-state index is 0.266. The lowest BCUT2D eigenvalue weighted by molar-refractivity contribution is -0.129. The van der Waals surface area contributed by atoms with E-state index in [1.54, 1.807) is 31.2 Å². The van der Waals surface area contributed by atoms with Crippen molar-refractivity contribution in [3.63, 3.8) is 0 Å². The zero-order chi connectivity index (χ0) is 17.2. The fraction of sp³-hybridized carbons (Fsp3) is 0.385. The molecule has 0 spiro atoms. The number of nitrogens with one attached hydrogen (secondary N) is 2. The molecule has 1 saturated heterocycles. The summed E-state index contributed by atoms with van der Waals surface area (Å²) in [7, 11) is -4.31. The molecule has 1 fully saturated rings. The Morgan fingerprint density at radius 1 is 1.39 bits per heavy atom. The molecule has 0 aromatic heterocycles. The van der Waals surface area contributed by atoms with E-state index in [1.807, 2.05) is 0 Å². The first-order valence-corrected chi connectivity index (χ1v) is 9.14.